The first-order valence-corrected chi connectivity index (χ1v) is 6.78. The van der Waals surface area contributed by atoms with Gasteiger partial charge in [-0.1, -0.05) is 6.92 Å². The molecule has 0 aliphatic heterocycles. The van der Waals surface area contributed by atoms with Gasteiger partial charge in [-0.3, -0.25) is 4.98 Å². The first-order chi connectivity index (χ1) is 8.19. The number of aromatic nitrogens is 1. The van der Waals surface area contributed by atoms with Crippen LogP contribution in [0.1, 0.15) is 35.3 Å². The zero-order valence-corrected chi connectivity index (χ0v) is 11.3. The van der Waals surface area contributed by atoms with Crippen molar-refractivity contribution in [2.24, 2.45) is 0 Å². The van der Waals surface area contributed by atoms with Crippen molar-refractivity contribution < 1.29 is 0 Å². The molecule has 17 heavy (non-hydrogen) atoms. The molecule has 0 aliphatic carbocycles. The van der Waals surface area contributed by atoms with Crippen molar-refractivity contribution >= 4 is 17.0 Å². The van der Waals surface area contributed by atoms with Crippen molar-refractivity contribution in [1.29, 1.82) is 0 Å². The number of nitrogens with one attached hydrogen (secondary N) is 1. The van der Waals surface area contributed by atoms with E-state index >= 15 is 0 Å². The van der Waals surface area contributed by atoms with Crippen LogP contribution in [0.3, 0.4) is 0 Å². The van der Waals surface area contributed by atoms with Gasteiger partial charge >= 0.3 is 0 Å². The van der Waals surface area contributed by atoms with Crippen molar-refractivity contribution in [3.8, 4) is 0 Å². The number of rotatable bonds is 4. The molecule has 0 amide bonds. The molecular formula is C14H18N2S. The highest BCUT2D eigenvalue weighted by atomic mass is 32.1. The molecule has 90 valence electrons. The van der Waals surface area contributed by atoms with Gasteiger partial charge in [-0.05, 0) is 44.5 Å². The molecule has 2 aromatic heterocycles. The Labute approximate surface area is 107 Å². The van der Waals surface area contributed by atoms with Crippen molar-refractivity contribution in [2.45, 2.75) is 33.2 Å². The first-order valence-electron chi connectivity index (χ1n) is 5.97. The summed E-state index contributed by atoms with van der Waals surface area (Å²) in [6.07, 6.45) is 3.00. The molecule has 0 fully saturated rings. The van der Waals surface area contributed by atoms with Gasteiger partial charge in [0.15, 0.2) is 0 Å². The smallest absolute Gasteiger partial charge is 0.0579 e. The van der Waals surface area contributed by atoms with E-state index in [0.717, 1.165) is 17.8 Å². The third-order valence-corrected chi connectivity index (χ3v) is 4.16. The van der Waals surface area contributed by atoms with E-state index in [1.54, 1.807) is 0 Å². The number of hydrogen-bond donors (Lipinski definition) is 1. The molecule has 2 aromatic rings. The van der Waals surface area contributed by atoms with Gasteiger partial charge in [-0.15, -0.1) is 11.3 Å². The second-order valence-corrected chi connectivity index (χ2v) is 5.41. The van der Waals surface area contributed by atoms with Crippen LogP contribution in [0.4, 0.5) is 5.69 Å². The van der Waals surface area contributed by atoms with Crippen LogP contribution in [-0.4, -0.2) is 4.98 Å². The maximum Gasteiger partial charge on any atom is 0.0579 e. The summed E-state index contributed by atoms with van der Waals surface area (Å²) in [6.45, 7) is 6.38. The van der Waals surface area contributed by atoms with Crippen molar-refractivity contribution in [2.75, 3.05) is 5.32 Å². The Morgan fingerprint density at radius 2 is 2.12 bits per heavy atom. The second-order valence-electron chi connectivity index (χ2n) is 4.21. The van der Waals surface area contributed by atoms with E-state index in [1.807, 2.05) is 30.5 Å². The molecule has 0 aromatic carbocycles. The summed E-state index contributed by atoms with van der Waals surface area (Å²) in [7, 11) is 0. The molecule has 1 unspecified atom stereocenters. The fraction of sp³-hybridized carbons (Fsp3) is 0.357. The van der Waals surface area contributed by atoms with Crippen LogP contribution < -0.4 is 5.32 Å². The lowest BCUT2D eigenvalue weighted by Gasteiger charge is -2.13. The number of aryl methyl sites for hydroxylation is 2. The largest absolute Gasteiger partial charge is 0.376 e. The maximum atomic E-state index is 4.29. The summed E-state index contributed by atoms with van der Waals surface area (Å²) >= 11 is 1.88. The number of anilines is 1. The SMILES string of the molecule is CCc1ccc(C(C)Nc2ccc(C)nc2)s1. The summed E-state index contributed by atoms with van der Waals surface area (Å²) in [4.78, 5) is 7.11. The zero-order chi connectivity index (χ0) is 12.3. The molecule has 0 saturated heterocycles. The van der Waals surface area contributed by atoms with Crippen LogP contribution in [0.15, 0.2) is 30.5 Å². The third kappa shape index (κ3) is 3.07. The molecule has 0 aliphatic rings. The van der Waals surface area contributed by atoms with E-state index in [0.29, 0.717) is 6.04 Å². The number of hydrogen-bond acceptors (Lipinski definition) is 3. The van der Waals surface area contributed by atoms with Crippen LogP contribution in [-0.2, 0) is 6.42 Å². The average molecular weight is 246 g/mol. The minimum Gasteiger partial charge on any atom is -0.376 e. The van der Waals surface area contributed by atoms with Crippen molar-refractivity contribution in [3.05, 3.63) is 45.9 Å². The monoisotopic (exact) mass is 246 g/mol. The molecule has 0 bridgehead atoms. The Kier molecular flexibility index (Phi) is 3.79. The van der Waals surface area contributed by atoms with Crippen LogP contribution in [0, 0.1) is 6.92 Å². The minimum atomic E-state index is 0.338. The molecule has 2 nitrogen and oxygen atoms in total. The summed E-state index contributed by atoms with van der Waals surface area (Å²) in [5.41, 5.74) is 2.13. The van der Waals surface area contributed by atoms with E-state index < -0.39 is 0 Å². The van der Waals surface area contributed by atoms with Crippen LogP contribution in [0.5, 0.6) is 0 Å². The highest BCUT2D eigenvalue weighted by molar-refractivity contribution is 7.12. The van der Waals surface area contributed by atoms with Gasteiger partial charge in [0.05, 0.1) is 17.9 Å². The molecule has 0 spiro atoms. The predicted octanol–water partition coefficient (Wildman–Crippen LogP) is 4.19. The van der Waals surface area contributed by atoms with E-state index in [-0.39, 0.29) is 0 Å². The van der Waals surface area contributed by atoms with Crippen LogP contribution in [0.2, 0.25) is 0 Å². The van der Waals surface area contributed by atoms with Crippen LogP contribution in [0.25, 0.3) is 0 Å². The van der Waals surface area contributed by atoms with Gasteiger partial charge in [0.2, 0.25) is 0 Å². The molecule has 3 heteroatoms. The Bertz CT molecular complexity index is 473. The lowest BCUT2D eigenvalue weighted by Crippen LogP contribution is -2.04. The molecule has 0 radical (unpaired) electrons. The third-order valence-electron chi connectivity index (χ3n) is 2.75. The highest BCUT2D eigenvalue weighted by Gasteiger charge is 2.08. The standard InChI is InChI=1S/C14H18N2S/c1-4-13-7-8-14(17-13)11(3)16-12-6-5-10(2)15-9-12/h5-9,11,16H,4H2,1-3H3. The highest BCUT2D eigenvalue weighted by Crippen LogP contribution is 2.26. The van der Waals surface area contributed by atoms with Gasteiger partial charge in [0.25, 0.3) is 0 Å². The fourth-order valence-electron chi connectivity index (χ4n) is 1.69. The lowest BCUT2D eigenvalue weighted by atomic mass is 10.2. The van der Waals surface area contributed by atoms with Gasteiger partial charge in [-0.2, -0.15) is 0 Å². The average Bonchev–Trinajstić information content (AvgIpc) is 2.81. The van der Waals surface area contributed by atoms with E-state index in [1.165, 1.54) is 9.75 Å². The quantitative estimate of drug-likeness (QED) is 0.875. The second kappa shape index (κ2) is 5.32. The molecule has 2 rings (SSSR count). The Morgan fingerprint density at radius 1 is 1.29 bits per heavy atom. The van der Waals surface area contributed by atoms with Gasteiger partial charge in [-0.25, -0.2) is 0 Å². The Hall–Kier alpha value is -1.35. The lowest BCUT2D eigenvalue weighted by molar-refractivity contribution is 0.905. The molecule has 1 atom stereocenters. The van der Waals surface area contributed by atoms with E-state index in [4.69, 9.17) is 0 Å². The van der Waals surface area contributed by atoms with Gasteiger partial charge in [0, 0.05) is 15.4 Å². The van der Waals surface area contributed by atoms with Crippen molar-refractivity contribution in [1.82, 2.24) is 4.98 Å². The topological polar surface area (TPSA) is 24.9 Å². The Balaban J connectivity index is 2.05. The summed E-state index contributed by atoms with van der Waals surface area (Å²) in [5, 5.41) is 3.47. The molecule has 0 saturated carbocycles. The number of pyridine rings is 1. The normalized spacial score (nSPS) is 12.4. The van der Waals surface area contributed by atoms with E-state index in [9.17, 15) is 0 Å². The minimum absolute atomic E-state index is 0.338. The molecular weight excluding hydrogens is 228 g/mol. The fourth-order valence-corrected chi connectivity index (χ4v) is 2.65. The van der Waals surface area contributed by atoms with Crippen molar-refractivity contribution in [3.63, 3.8) is 0 Å². The Morgan fingerprint density at radius 3 is 2.71 bits per heavy atom. The van der Waals surface area contributed by atoms with Crippen LogP contribution >= 0.6 is 11.3 Å². The van der Waals surface area contributed by atoms with Gasteiger partial charge < -0.3 is 5.32 Å². The number of thiophene rings is 1. The summed E-state index contributed by atoms with van der Waals surface area (Å²) < 4.78 is 0. The first kappa shape index (κ1) is 12.1. The summed E-state index contributed by atoms with van der Waals surface area (Å²) in [5.74, 6) is 0. The molecule has 2 heterocycles. The maximum absolute atomic E-state index is 4.29. The van der Waals surface area contributed by atoms with Gasteiger partial charge in [0.1, 0.15) is 0 Å². The molecule has 1 N–H and O–H groups in total. The van der Waals surface area contributed by atoms with E-state index in [2.05, 4.69) is 42.3 Å². The zero-order valence-electron chi connectivity index (χ0n) is 10.5. The number of nitrogens with zero attached hydrogens (tertiary/aromatic N) is 1. The summed E-state index contributed by atoms with van der Waals surface area (Å²) in [6, 6.07) is 8.87. The predicted molar refractivity (Wildman–Crippen MR) is 74.7 cm³/mol.